The lowest BCUT2D eigenvalue weighted by Gasteiger charge is -2.57. The van der Waals surface area contributed by atoms with Gasteiger partial charge in [-0.1, -0.05) is 53.2 Å². The average Bonchev–Trinajstić information content (AvgIpc) is 3.11. The van der Waals surface area contributed by atoms with Crippen LogP contribution in [0.4, 0.5) is 0 Å². The number of allylic oxidation sites excluding steroid dienone is 1. The molecule has 1 nitrogen and oxygen atoms in total. The molecule has 0 radical (unpaired) electrons. The molecule has 4 saturated carbocycles. The average molecular weight is 357 g/mol. The largest absolute Gasteiger partial charge is 0.392 e. The van der Waals surface area contributed by atoms with Gasteiger partial charge >= 0.3 is 0 Å². The van der Waals surface area contributed by atoms with Gasteiger partial charge in [-0.2, -0.15) is 0 Å². The van der Waals surface area contributed by atoms with Crippen LogP contribution in [0.3, 0.4) is 0 Å². The molecule has 5 rings (SSSR count). The molecule has 0 aromatic heterocycles. The van der Waals surface area contributed by atoms with Crippen molar-refractivity contribution in [3.63, 3.8) is 0 Å². The van der Waals surface area contributed by atoms with Gasteiger partial charge in [-0.15, -0.1) is 0 Å². The normalized spacial score (nSPS) is 60.0. The monoisotopic (exact) mass is 356 g/mol. The number of hydrogen-bond donors (Lipinski definition) is 1. The lowest BCUT2D eigenvalue weighted by molar-refractivity contribution is -0.126. The molecular formula is C25H40O. The summed E-state index contributed by atoms with van der Waals surface area (Å²) in [6, 6.07) is 0. The number of rotatable bonds is 0. The molecule has 1 N–H and O–H groups in total. The minimum Gasteiger partial charge on any atom is -0.392 e. The number of aliphatic hydroxyl groups excluding tert-OH is 1. The molecule has 5 aliphatic rings. The quantitative estimate of drug-likeness (QED) is 0.511. The number of hydrogen-bond acceptors (Lipinski definition) is 1. The first-order chi connectivity index (χ1) is 12.0. The van der Waals surface area contributed by atoms with E-state index in [9.17, 15) is 5.11 Å². The first kappa shape index (κ1) is 17.8. The van der Waals surface area contributed by atoms with Crippen molar-refractivity contribution < 1.29 is 5.11 Å². The van der Waals surface area contributed by atoms with Gasteiger partial charge in [0.25, 0.3) is 0 Å². The zero-order valence-electron chi connectivity index (χ0n) is 17.9. The van der Waals surface area contributed by atoms with Crippen LogP contribution in [0.25, 0.3) is 0 Å². The van der Waals surface area contributed by atoms with E-state index in [2.05, 4.69) is 47.6 Å². The van der Waals surface area contributed by atoms with E-state index in [0.29, 0.717) is 22.2 Å². The highest BCUT2D eigenvalue weighted by Gasteiger charge is 2.68. The molecule has 0 aliphatic heterocycles. The Balaban J connectivity index is 1.65. The molecule has 0 amide bonds. The topological polar surface area (TPSA) is 20.2 Å². The number of fused-ring (bicyclic) bond motifs is 7. The third-order valence-corrected chi connectivity index (χ3v) is 11.0. The molecule has 26 heavy (non-hydrogen) atoms. The Morgan fingerprint density at radius 3 is 2.38 bits per heavy atom. The van der Waals surface area contributed by atoms with Gasteiger partial charge in [0.05, 0.1) is 6.10 Å². The van der Waals surface area contributed by atoms with Crippen molar-refractivity contribution in [2.24, 2.45) is 51.2 Å². The van der Waals surface area contributed by atoms with Crippen LogP contribution in [0, 0.1) is 51.2 Å². The van der Waals surface area contributed by atoms with Gasteiger partial charge in [-0.25, -0.2) is 0 Å². The minimum atomic E-state index is -0.153. The van der Waals surface area contributed by atoms with Crippen molar-refractivity contribution in [2.45, 2.75) is 92.6 Å². The van der Waals surface area contributed by atoms with Crippen LogP contribution in [-0.4, -0.2) is 11.2 Å². The molecule has 4 fully saturated rings. The molecule has 9 unspecified atom stereocenters. The molecular weight excluding hydrogens is 316 g/mol. The fraction of sp³-hybridized carbons (Fsp3) is 0.920. The molecule has 9 atom stereocenters. The van der Waals surface area contributed by atoms with Gasteiger partial charge in [-0.3, -0.25) is 0 Å². The van der Waals surface area contributed by atoms with Crippen molar-refractivity contribution in [1.82, 2.24) is 0 Å². The smallest absolute Gasteiger partial charge is 0.0636 e. The van der Waals surface area contributed by atoms with E-state index in [1.54, 1.807) is 5.57 Å². The Bertz CT molecular complexity index is 661. The van der Waals surface area contributed by atoms with Crippen LogP contribution in [0.2, 0.25) is 0 Å². The maximum absolute atomic E-state index is 11.4. The third-order valence-electron chi connectivity index (χ3n) is 11.0. The molecule has 0 bridgehead atoms. The standard InChI is InChI=1S/C25H40O/c1-15-7-8-16-9-10-17-18(25(15,16)6)13-24(5)19(26)14-23(4)12-11-22(2,3)21(23)20(17)24/h13,15-17,19-21,26H,7-12,14H2,1-6H3. The SMILES string of the molecule is CC1CCC2CCC3C(=CC4(C)C(O)CC5(C)CCC(C)(C)C5C34)C12C. The molecule has 5 aliphatic carbocycles. The van der Waals surface area contributed by atoms with Gasteiger partial charge in [0.2, 0.25) is 0 Å². The predicted octanol–water partition coefficient (Wildman–Crippen LogP) is 6.22. The second kappa shape index (κ2) is 5.00. The van der Waals surface area contributed by atoms with E-state index in [0.717, 1.165) is 30.1 Å². The van der Waals surface area contributed by atoms with Crippen molar-refractivity contribution in [2.75, 3.05) is 0 Å². The van der Waals surface area contributed by atoms with Crippen molar-refractivity contribution in [3.05, 3.63) is 11.6 Å². The maximum atomic E-state index is 11.4. The molecule has 146 valence electrons. The first-order valence-corrected chi connectivity index (χ1v) is 11.5. The fourth-order valence-electron chi connectivity index (χ4n) is 9.44. The van der Waals surface area contributed by atoms with E-state index in [-0.39, 0.29) is 11.5 Å². The summed E-state index contributed by atoms with van der Waals surface area (Å²) in [6.45, 7) is 15.1. The van der Waals surface area contributed by atoms with Crippen LogP contribution < -0.4 is 0 Å². The Morgan fingerprint density at radius 1 is 0.962 bits per heavy atom. The Hall–Kier alpha value is -0.300. The van der Waals surface area contributed by atoms with Crippen LogP contribution in [-0.2, 0) is 0 Å². The zero-order chi connectivity index (χ0) is 18.7. The van der Waals surface area contributed by atoms with Crippen LogP contribution in [0.15, 0.2) is 11.6 Å². The van der Waals surface area contributed by atoms with Crippen LogP contribution >= 0.6 is 0 Å². The molecule has 0 saturated heterocycles. The van der Waals surface area contributed by atoms with E-state index >= 15 is 0 Å². The molecule has 1 heteroatoms. The van der Waals surface area contributed by atoms with Crippen LogP contribution in [0.5, 0.6) is 0 Å². The van der Waals surface area contributed by atoms with E-state index in [1.165, 1.54) is 38.5 Å². The Labute approximate surface area is 161 Å². The second-order valence-corrected chi connectivity index (χ2v) is 12.5. The van der Waals surface area contributed by atoms with E-state index in [4.69, 9.17) is 0 Å². The number of aliphatic hydroxyl groups is 1. The fourth-order valence-corrected chi connectivity index (χ4v) is 9.44. The van der Waals surface area contributed by atoms with Crippen molar-refractivity contribution in [3.8, 4) is 0 Å². The summed E-state index contributed by atoms with van der Waals surface area (Å²) in [6.07, 6.45) is 11.8. The van der Waals surface area contributed by atoms with Gasteiger partial charge in [0, 0.05) is 5.41 Å². The van der Waals surface area contributed by atoms with Crippen molar-refractivity contribution in [1.29, 1.82) is 0 Å². The van der Waals surface area contributed by atoms with Gasteiger partial charge < -0.3 is 5.11 Å². The maximum Gasteiger partial charge on any atom is 0.0636 e. The van der Waals surface area contributed by atoms with Gasteiger partial charge in [0.1, 0.15) is 0 Å². The third kappa shape index (κ3) is 1.88. The summed E-state index contributed by atoms with van der Waals surface area (Å²) in [5.74, 6) is 3.86. The Morgan fingerprint density at radius 2 is 1.65 bits per heavy atom. The van der Waals surface area contributed by atoms with Crippen molar-refractivity contribution >= 4 is 0 Å². The van der Waals surface area contributed by atoms with Gasteiger partial charge in [-0.05, 0) is 90.8 Å². The molecule has 0 spiro atoms. The molecule has 0 aromatic carbocycles. The summed E-state index contributed by atoms with van der Waals surface area (Å²) in [4.78, 5) is 0. The summed E-state index contributed by atoms with van der Waals surface area (Å²) >= 11 is 0. The van der Waals surface area contributed by atoms with Gasteiger partial charge in [0.15, 0.2) is 0 Å². The lowest BCUT2D eigenvalue weighted by atomic mass is 9.47. The Kier molecular flexibility index (Phi) is 3.42. The highest BCUT2D eigenvalue weighted by Crippen LogP contribution is 2.74. The van der Waals surface area contributed by atoms with E-state index < -0.39 is 0 Å². The summed E-state index contributed by atoms with van der Waals surface area (Å²) in [5.41, 5.74) is 2.96. The van der Waals surface area contributed by atoms with Crippen LogP contribution in [0.1, 0.15) is 86.5 Å². The minimum absolute atomic E-state index is 0.00595. The first-order valence-electron chi connectivity index (χ1n) is 11.5. The molecule has 0 aromatic rings. The highest BCUT2D eigenvalue weighted by molar-refractivity contribution is 5.37. The summed E-state index contributed by atoms with van der Waals surface area (Å²) < 4.78 is 0. The molecule has 0 heterocycles. The summed E-state index contributed by atoms with van der Waals surface area (Å²) in [5, 5.41) is 11.4. The summed E-state index contributed by atoms with van der Waals surface area (Å²) in [7, 11) is 0. The zero-order valence-corrected chi connectivity index (χ0v) is 17.9. The van der Waals surface area contributed by atoms with E-state index in [1.807, 2.05) is 0 Å². The lowest BCUT2D eigenvalue weighted by Crippen LogP contribution is -2.55. The highest BCUT2D eigenvalue weighted by atomic mass is 16.3. The second-order valence-electron chi connectivity index (χ2n) is 12.5. The predicted molar refractivity (Wildman–Crippen MR) is 108 cm³/mol.